The monoisotopic (exact) mass is 416 g/mol. The van der Waals surface area contributed by atoms with E-state index in [1.807, 2.05) is 32.3 Å². The lowest BCUT2D eigenvalue weighted by Gasteiger charge is -2.30. The second kappa shape index (κ2) is 7.75. The minimum Gasteiger partial charge on any atom is -0.334 e. The Morgan fingerprint density at radius 3 is 2.19 bits per heavy atom. The van der Waals surface area contributed by atoms with Crippen LogP contribution in [0.3, 0.4) is 0 Å². The van der Waals surface area contributed by atoms with Crippen molar-refractivity contribution in [2.24, 2.45) is 0 Å². The highest BCUT2D eigenvalue weighted by atomic mass is 79.9. The van der Waals surface area contributed by atoms with Crippen molar-refractivity contribution in [3.8, 4) is 0 Å². The highest BCUT2D eigenvalue weighted by Gasteiger charge is 2.27. The standard InChI is InChI=1S/C16H22Br2N2O/c1-19(2)7-8-20(15-5-3-4-6-15)16(21)12-9-13(17)11-14(18)10-12/h9-11,15H,3-8H2,1-2H3. The van der Waals surface area contributed by atoms with Gasteiger partial charge in [0.05, 0.1) is 0 Å². The molecular formula is C16H22Br2N2O. The summed E-state index contributed by atoms with van der Waals surface area (Å²) in [6.45, 7) is 1.69. The second-order valence-electron chi connectivity index (χ2n) is 5.90. The van der Waals surface area contributed by atoms with Crippen LogP contribution < -0.4 is 0 Å². The van der Waals surface area contributed by atoms with E-state index in [1.165, 1.54) is 12.8 Å². The number of likely N-dealkylation sites (N-methyl/N-ethyl adjacent to an activating group) is 1. The maximum Gasteiger partial charge on any atom is 0.254 e. The number of halogens is 2. The fourth-order valence-electron chi connectivity index (χ4n) is 2.82. The third-order valence-corrected chi connectivity index (χ3v) is 4.84. The molecule has 0 N–H and O–H groups in total. The van der Waals surface area contributed by atoms with Crippen molar-refractivity contribution < 1.29 is 4.79 Å². The third-order valence-electron chi connectivity index (χ3n) is 3.92. The molecule has 0 saturated heterocycles. The highest BCUT2D eigenvalue weighted by Crippen LogP contribution is 2.27. The summed E-state index contributed by atoms with van der Waals surface area (Å²) in [5, 5.41) is 0. The van der Waals surface area contributed by atoms with Gasteiger partial charge in [0.15, 0.2) is 0 Å². The van der Waals surface area contributed by atoms with Crippen LogP contribution in [0.15, 0.2) is 27.1 Å². The van der Waals surface area contributed by atoms with Gasteiger partial charge in [-0.25, -0.2) is 0 Å². The first-order valence-electron chi connectivity index (χ1n) is 7.39. The number of benzene rings is 1. The van der Waals surface area contributed by atoms with Crippen LogP contribution in [0.1, 0.15) is 36.0 Å². The van der Waals surface area contributed by atoms with Crippen LogP contribution in [0.2, 0.25) is 0 Å². The lowest BCUT2D eigenvalue weighted by Crippen LogP contribution is -2.42. The van der Waals surface area contributed by atoms with Crippen molar-refractivity contribution in [2.45, 2.75) is 31.7 Å². The number of carbonyl (C=O) groups excluding carboxylic acids is 1. The molecule has 21 heavy (non-hydrogen) atoms. The van der Waals surface area contributed by atoms with E-state index >= 15 is 0 Å². The van der Waals surface area contributed by atoms with Gasteiger partial charge in [0, 0.05) is 33.6 Å². The molecule has 1 amide bonds. The lowest BCUT2D eigenvalue weighted by molar-refractivity contribution is 0.0667. The smallest absolute Gasteiger partial charge is 0.254 e. The van der Waals surface area contributed by atoms with E-state index < -0.39 is 0 Å². The summed E-state index contributed by atoms with van der Waals surface area (Å²) in [5.41, 5.74) is 0.752. The molecule has 1 aromatic carbocycles. The number of hydrogen-bond donors (Lipinski definition) is 0. The molecule has 0 aromatic heterocycles. The molecule has 1 saturated carbocycles. The van der Waals surface area contributed by atoms with Crippen LogP contribution in [0, 0.1) is 0 Å². The fourth-order valence-corrected chi connectivity index (χ4v) is 4.11. The molecule has 0 spiro atoms. The number of nitrogens with zero attached hydrogens (tertiary/aromatic N) is 2. The Hall–Kier alpha value is -0.390. The SMILES string of the molecule is CN(C)CCN(C(=O)c1cc(Br)cc(Br)c1)C1CCCC1. The van der Waals surface area contributed by atoms with E-state index in [9.17, 15) is 4.79 Å². The number of rotatable bonds is 5. The summed E-state index contributed by atoms with van der Waals surface area (Å²) in [7, 11) is 4.10. The molecule has 1 fully saturated rings. The van der Waals surface area contributed by atoms with E-state index in [0.717, 1.165) is 40.4 Å². The summed E-state index contributed by atoms with van der Waals surface area (Å²) in [5.74, 6) is 0.144. The molecule has 1 aliphatic rings. The van der Waals surface area contributed by atoms with E-state index in [4.69, 9.17) is 0 Å². The average molecular weight is 418 g/mol. The zero-order chi connectivity index (χ0) is 15.4. The van der Waals surface area contributed by atoms with Crippen molar-refractivity contribution in [2.75, 3.05) is 27.2 Å². The summed E-state index contributed by atoms with van der Waals surface area (Å²) in [4.78, 5) is 17.1. The first-order chi connectivity index (χ1) is 9.97. The van der Waals surface area contributed by atoms with E-state index in [2.05, 4.69) is 41.7 Å². The van der Waals surface area contributed by atoms with Crippen LogP contribution in [-0.2, 0) is 0 Å². The van der Waals surface area contributed by atoms with E-state index in [-0.39, 0.29) is 5.91 Å². The molecule has 0 heterocycles. The van der Waals surface area contributed by atoms with Crippen molar-refractivity contribution in [3.05, 3.63) is 32.7 Å². The molecule has 2 rings (SSSR count). The first-order valence-corrected chi connectivity index (χ1v) is 8.98. The molecule has 0 unspecified atom stereocenters. The number of carbonyl (C=O) groups is 1. The van der Waals surface area contributed by atoms with E-state index in [0.29, 0.717) is 6.04 Å². The first kappa shape index (κ1) is 17.0. The van der Waals surface area contributed by atoms with Gasteiger partial charge in [-0.15, -0.1) is 0 Å². The third kappa shape index (κ3) is 4.80. The molecular weight excluding hydrogens is 396 g/mol. The van der Waals surface area contributed by atoms with Crippen molar-refractivity contribution in [1.29, 1.82) is 0 Å². The highest BCUT2D eigenvalue weighted by molar-refractivity contribution is 9.11. The van der Waals surface area contributed by atoms with Gasteiger partial charge in [-0.2, -0.15) is 0 Å². The van der Waals surface area contributed by atoms with Crippen LogP contribution >= 0.6 is 31.9 Å². The molecule has 0 radical (unpaired) electrons. The van der Waals surface area contributed by atoms with Gasteiger partial charge in [-0.05, 0) is 45.1 Å². The minimum absolute atomic E-state index is 0.144. The molecule has 116 valence electrons. The molecule has 0 aliphatic heterocycles. The van der Waals surface area contributed by atoms with Crippen molar-refractivity contribution in [3.63, 3.8) is 0 Å². The molecule has 3 nitrogen and oxygen atoms in total. The predicted octanol–water partition coefficient (Wildman–Crippen LogP) is 4.16. The maximum absolute atomic E-state index is 12.9. The van der Waals surface area contributed by atoms with Gasteiger partial charge in [0.25, 0.3) is 5.91 Å². The largest absolute Gasteiger partial charge is 0.334 e. The van der Waals surface area contributed by atoms with Crippen LogP contribution in [0.25, 0.3) is 0 Å². The lowest BCUT2D eigenvalue weighted by atomic mass is 10.1. The summed E-state index contributed by atoms with van der Waals surface area (Å²) in [6.07, 6.45) is 4.74. The van der Waals surface area contributed by atoms with Crippen LogP contribution in [-0.4, -0.2) is 48.9 Å². The Labute approximate surface area is 143 Å². The Morgan fingerprint density at radius 1 is 1.10 bits per heavy atom. The normalized spacial score (nSPS) is 15.7. The Balaban J connectivity index is 2.19. The Morgan fingerprint density at radius 2 is 1.67 bits per heavy atom. The van der Waals surface area contributed by atoms with Gasteiger partial charge in [0.1, 0.15) is 0 Å². The van der Waals surface area contributed by atoms with Crippen LogP contribution in [0.4, 0.5) is 0 Å². The molecule has 0 atom stereocenters. The van der Waals surface area contributed by atoms with Gasteiger partial charge in [-0.1, -0.05) is 44.7 Å². The van der Waals surface area contributed by atoms with Gasteiger partial charge in [-0.3, -0.25) is 4.79 Å². The van der Waals surface area contributed by atoms with Gasteiger partial charge >= 0.3 is 0 Å². The quantitative estimate of drug-likeness (QED) is 0.718. The summed E-state index contributed by atoms with van der Waals surface area (Å²) >= 11 is 6.93. The molecule has 0 bridgehead atoms. The molecule has 1 aliphatic carbocycles. The predicted molar refractivity (Wildman–Crippen MR) is 93.7 cm³/mol. The minimum atomic E-state index is 0.144. The Bertz CT molecular complexity index is 479. The molecule has 1 aromatic rings. The van der Waals surface area contributed by atoms with Crippen molar-refractivity contribution >= 4 is 37.8 Å². The zero-order valence-corrected chi connectivity index (χ0v) is 15.8. The summed E-state index contributed by atoms with van der Waals surface area (Å²) < 4.78 is 1.86. The van der Waals surface area contributed by atoms with E-state index in [1.54, 1.807) is 0 Å². The number of hydrogen-bond acceptors (Lipinski definition) is 2. The topological polar surface area (TPSA) is 23.6 Å². The van der Waals surface area contributed by atoms with Crippen molar-refractivity contribution in [1.82, 2.24) is 9.80 Å². The van der Waals surface area contributed by atoms with Gasteiger partial charge in [0.2, 0.25) is 0 Å². The average Bonchev–Trinajstić information content (AvgIpc) is 2.91. The number of amides is 1. The van der Waals surface area contributed by atoms with Crippen LogP contribution in [0.5, 0.6) is 0 Å². The summed E-state index contributed by atoms with van der Waals surface area (Å²) in [6, 6.07) is 6.17. The zero-order valence-electron chi connectivity index (χ0n) is 12.6. The fraction of sp³-hybridized carbons (Fsp3) is 0.562. The molecule has 5 heteroatoms. The second-order valence-corrected chi connectivity index (χ2v) is 7.73. The Kier molecular flexibility index (Phi) is 6.26. The maximum atomic E-state index is 12.9. The van der Waals surface area contributed by atoms with Gasteiger partial charge < -0.3 is 9.80 Å².